The van der Waals surface area contributed by atoms with E-state index in [2.05, 4.69) is 18.9 Å². The number of rotatable bonds is 5. The van der Waals surface area contributed by atoms with Crippen molar-refractivity contribution < 1.29 is 9.84 Å². The van der Waals surface area contributed by atoms with E-state index in [0.717, 1.165) is 19.7 Å². The highest BCUT2D eigenvalue weighted by molar-refractivity contribution is 4.68. The van der Waals surface area contributed by atoms with Crippen LogP contribution in [0, 0.1) is 5.92 Å². The molecule has 0 spiro atoms. The number of hydrogen-bond acceptors (Lipinski definition) is 3. The zero-order valence-electron chi connectivity index (χ0n) is 9.41. The van der Waals surface area contributed by atoms with Crippen molar-refractivity contribution in [3.8, 4) is 0 Å². The molecule has 1 rings (SSSR count). The van der Waals surface area contributed by atoms with Crippen LogP contribution in [0.4, 0.5) is 0 Å². The minimum absolute atomic E-state index is 0.274. The summed E-state index contributed by atoms with van der Waals surface area (Å²) in [4.78, 5) is 2.26. The van der Waals surface area contributed by atoms with Gasteiger partial charge in [0.25, 0.3) is 0 Å². The molecule has 1 aliphatic rings. The van der Waals surface area contributed by atoms with E-state index in [9.17, 15) is 0 Å². The van der Waals surface area contributed by atoms with E-state index < -0.39 is 0 Å². The molecule has 0 aromatic carbocycles. The Morgan fingerprint density at radius 2 is 2.29 bits per heavy atom. The van der Waals surface area contributed by atoms with Gasteiger partial charge in [-0.25, -0.2) is 0 Å². The van der Waals surface area contributed by atoms with Gasteiger partial charge in [0, 0.05) is 26.3 Å². The van der Waals surface area contributed by atoms with Gasteiger partial charge in [0.2, 0.25) is 0 Å². The summed E-state index contributed by atoms with van der Waals surface area (Å²) >= 11 is 0. The lowest BCUT2D eigenvalue weighted by molar-refractivity contribution is -0.00425. The molecule has 14 heavy (non-hydrogen) atoms. The standard InChI is InChI=1S/C11H23NO2/c1-10(9-13)7-12(2)8-11-5-3-4-6-14-11/h10-11,13H,3-9H2,1-2H3. The van der Waals surface area contributed by atoms with Crippen LogP contribution in [0.1, 0.15) is 26.2 Å². The molecule has 1 fully saturated rings. The fraction of sp³-hybridized carbons (Fsp3) is 1.00. The van der Waals surface area contributed by atoms with Crippen LogP contribution >= 0.6 is 0 Å². The second-order valence-electron chi connectivity index (χ2n) is 4.50. The Labute approximate surface area is 87.1 Å². The molecule has 1 saturated heterocycles. The predicted molar refractivity (Wildman–Crippen MR) is 57.3 cm³/mol. The molecule has 1 aliphatic heterocycles. The zero-order valence-corrected chi connectivity index (χ0v) is 9.41. The van der Waals surface area contributed by atoms with Crippen molar-refractivity contribution >= 4 is 0 Å². The largest absolute Gasteiger partial charge is 0.396 e. The monoisotopic (exact) mass is 201 g/mol. The maximum absolute atomic E-state index is 8.93. The van der Waals surface area contributed by atoms with Crippen LogP contribution in [-0.2, 0) is 4.74 Å². The van der Waals surface area contributed by atoms with Crippen LogP contribution < -0.4 is 0 Å². The van der Waals surface area contributed by atoms with Gasteiger partial charge in [0.1, 0.15) is 0 Å². The van der Waals surface area contributed by atoms with Crippen molar-refractivity contribution in [2.24, 2.45) is 5.92 Å². The third-order valence-electron chi connectivity index (χ3n) is 2.72. The van der Waals surface area contributed by atoms with Crippen LogP contribution in [0.2, 0.25) is 0 Å². The second kappa shape index (κ2) is 6.38. The molecule has 1 heterocycles. The van der Waals surface area contributed by atoms with E-state index in [0.29, 0.717) is 12.0 Å². The first-order chi connectivity index (χ1) is 6.72. The normalized spacial score (nSPS) is 25.3. The molecular weight excluding hydrogens is 178 g/mol. The van der Waals surface area contributed by atoms with E-state index in [1.807, 2.05) is 0 Å². The third-order valence-corrected chi connectivity index (χ3v) is 2.72. The zero-order chi connectivity index (χ0) is 10.4. The Balaban J connectivity index is 2.14. The Morgan fingerprint density at radius 3 is 2.86 bits per heavy atom. The van der Waals surface area contributed by atoms with E-state index in [-0.39, 0.29) is 6.61 Å². The maximum Gasteiger partial charge on any atom is 0.0701 e. The second-order valence-corrected chi connectivity index (χ2v) is 4.50. The van der Waals surface area contributed by atoms with Crippen LogP contribution in [-0.4, -0.2) is 49.5 Å². The Bertz CT molecular complexity index is 146. The minimum atomic E-state index is 0.274. The quantitative estimate of drug-likeness (QED) is 0.723. The van der Waals surface area contributed by atoms with Gasteiger partial charge >= 0.3 is 0 Å². The van der Waals surface area contributed by atoms with Crippen molar-refractivity contribution in [2.75, 3.05) is 33.4 Å². The molecule has 0 bridgehead atoms. The Hall–Kier alpha value is -0.120. The van der Waals surface area contributed by atoms with Crippen LogP contribution in [0.3, 0.4) is 0 Å². The molecule has 1 N–H and O–H groups in total. The van der Waals surface area contributed by atoms with Gasteiger partial charge in [-0.1, -0.05) is 6.92 Å². The highest BCUT2D eigenvalue weighted by Gasteiger charge is 2.16. The van der Waals surface area contributed by atoms with Crippen LogP contribution in [0.5, 0.6) is 0 Å². The molecule has 0 radical (unpaired) electrons. The summed E-state index contributed by atoms with van der Waals surface area (Å²) in [5.74, 6) is 0.364. The molecule has 0 aromatic rings. The minimum Gasteiger partial charge on any atom is -0.396 e. The molecule has 84 valence electrons. The molecule has 3 heteroatoms. The summed E-state index contributed by atoms with van der Waals surface area (Å²) < 4.78 is 5.66. The molecule has 0 amide bonds. The van der Waals surface area contributed by atoms with Crippen molar-refractivity contribution in [3.63, 3.8) is 0 Å². The van der Waals surface area contributed by atoms with Crippen molar-refractivity contribution in [2.45, 2.75) is 32.3 Å². The lowest BCUT2D eigenvalue weighted by Gasteiger charge is -2.28. The summed E-state index contributed by atoms with van der Waals surface area (Å²) in [5.41, 5.74) is 0. The van der Waals surface area contributed by atoms with E-state index in [1.165, 1.54) is 19.3 Å². The summed E-state index contributed by atoms with van der Waals surface area (Å²) in [6, 6.07) is 0. The number of hydrogen-bond donors (Lipinski definition) is 1. The Kier molecular flexibility index (Phi) is 5.45. The number of nitrogens with zero attached hydrogens (tertiary/aromatic N) is 1. The topological polar surface area (TPSA) is 32.7 Å². The van der Waals surface area contributed by atoms with E-state index in [4.69, 9.17) is 9.84 Å². The summed E-state index contributed by atoms with van der Waals surface area (Å²) in [6.45, 7) is 5.23. The smallest absolute Gasteiger partial charge is 0.0701 e. The molecule has 0 aromatic heterocycles. The lowest BCUT2D eigenvalue weighted by atomic mass is 10.1. The summed E-state index contributed by atoms with van der Waals surface area (Å²) in [6.07, 6.45) is 4.12. The maximum atomic E-state index is 8.93. The molecule has 0 saturated carbocycles. The van der Waals surface area contributed by atoms with Crippen LogP contribution in [0.15, 0.2) is 0 Å². The van der Waals surface area contributed by atoms with Crippen LogP contribution in [0.25, 0.3) is 0 Å². The van der Waals surface area contributed by atoms with Crippen molar-refractivity contribution in [3.05, 3.63) is 0 Å². The fourth-order valence-corrected chi connectivity index (χ4v) is 1.96. The van der Waals surface area contributed by atoms with Crippen molar-refractivity contribution in [1.29, 1.82) is 0 Å². The predicted octanol–water partition coefficient (Wildman–Crippen LogP) is 1.12. The third kappa shape index (κ3) is 4.40. The average molecular weight is 201 g/mol. The molecule has 2 unspecified atom stereocenters. The first-order valence-corrected chi connectivity index (χ1v) is 5.63. The SMILES string of the molecule is CC(CO)CN(C)CC1CCCCO1. The number of likely N-dealkylation sites (N-methyl/N-ethyl adjacent to an activating group) is 1. The van der Waals surface area contributed by atoms with Gasteiger partial charge in [-0.2, -0.15) is 0 Å². The van der Waals surface area contributed by atoms with Gasteiger partial charge in [0.15, 0.2) is 0 Å². The highest BCUT2D eigenvalue weighted by Crippen LogP contribution is 2.13. The molecular formula is C11H23NO2. The Morgan fingerprint density at radius 1 is 1.50 bits per heavy atom. The summed E-state index contributed by atoms with van der Waals surface area (Å²) in [7, 11) is 2.10. The first kappa shape index (κ1) is 12.0. The number of ether oxygens (including phenoxy) is 1. The molecule has 2 atom stereocenters. The first-order valence-electron chi connectivity index (χ1n) is 5.63. The van der Waals surface area contributed by atoms with Gasteiger partial charge in [-0.15, -0.1) is 0 Å². The van der Waals surface area contributed by atoms with Gasteiger partial charge in [-0.3, -0.25) is 0 Å². The van der Waals surface area contributed by atoms with Gasteiger partial charge in [0.05, 0.1) is 6.10 Å². The molecule has 0 aliphatic carbocycles. The van der Waals surface area contributed by atoms with Gasteiger partial charge in [-0.05, 0) is 32.2 Å². The average Bonchev–Trinajstić information content (AvgIpc) is 2.19. The van der Waals surface area contributed by atoms with Gasteiger partial charge < -0.3 is 14.7 Å². The lowest BCUT2D eigenvalue weighted by Crippen LogP contribution is -2.36. The number of aliphatic hydroxyl groups excluding tert-OH is 1. The van der Waals surface area contributed by atoms with Crippen molar-refractivity contribution in [1.82, 2.24) is 4.90 Å². The fourth-order valence-electron chi connectivity index (χ4n) is 1.96. The van der Waals surface area contributed by atoms with E-state index in [1.54, 1.807) is 0 Å². The molecule has 3 nitrogen and oxygen atoms in total. The number of aliphatic hydroxyl groups is 1. The highest BCUT2D eigenvalue weighted by atomic mass is 16.5. The van der Waals surface area contributed by atoms with E-state index >= 15 is 0 Å². The summed E-state index contributed by atoms with van der Waals surface area (Å²) in [5, 5.41) is 8.93.